The molecular weight excluding hydrogens is 402 g/mol. The molecule has 4 rings (SSSR count). The Bertz CT molecular complexity index is 1240. The highest BCUT2D eigenvalue weighted by Gasteiger charge is 2.21. The van der Waals surface area contributed by atoms with E-state index in [1.807, 2.05) is 30.3 Å². The van der Waals surface area contributed by atoms with Crippen LogP contribution in [0.15, 0.2) is 60.9 Å². The Hall–Kier alpha value is -3.78. The second kappa shape index (κ2) is 8.30. The number of rotatable bonds is 6. The van der Waals surface area contributed by atoms with Gasteiger partial charge in [-0.3, -0.25) is 0 Å². The van der Waals surface area contributed by atoms with Crippen molar-refractivity contribution in [2.24, 2.45) is 0 Å². The number of nitrogens with zero attached hydrogens (tertiary/aromatic N) is 2. The summed E-state index contributed by atoms with van der Waals surface area (Å²) in [5, 5.41) is 13.1. The van der Waals surface area contributed by atoms with Crippen molar-refractivity contribution in [3.8, 4) is 0 Å². The molecule has 0 saturated carbocycles. The number of hydrogen-bond donors (Lipinski definition) is 2. The van der Waals surface area contributed by atoms with Gasteiger partial charge in [-0.15, -0.1) is 11.3 Å². The summed E-state index contributed by atoms with van der Waals surface area (Å²) in [6.45, 7) is 1.98. The molecule has 2 aromatic heterocycles. The van der Waals surface area contributed by atoms with Crippen LogP contribution in [0.3, 0.4) is 0 Å². The summed E-state index contributed by atoms with van der Waals surface area (Å²) >= 11 is 1.22. The van der Waals surface area contributed by atoms with Gasteiger partial charge in [0.15, 0.2) is 0 Å². The van der Waals surface area contributed by atoms with Crippen molar-refractivity contribution in [2.45, 2.75) is 13.5 Å². The fourth-order valence-corrected chi connectivity index (χ4v) is 4.10. The standard InChI is InChI=1S/C22H17N3O4S/c1-13-17-19(25-16-10-6-5-9-15(16)21(26)27)23-12-24-20(17)30-18(13)22(28)29-11-14-7-3-2-4-8-14/h2-10,12H,11H2,1H3,(H,26,27)(H,23,24,25). The third kappa shape index (κ3) is 3.85. The predicted molar refractivity (Wildman–Crippen MR) is 114 cm³/mol. The van der Waals surface area contributed by atoms with Crippen molar-refractivity contribution in [2.75, 3.05) is 5.32 Å². The maximum absolute atomic E-state index is 12.7. The summed E-state index contributed by atoms with van der Waals surface area (Å²) in [7, 11) is 0. The van der Waals surface area contributed by atoms with Crippen LogP contribution in [0.5, 0.6) is 0 Å². The molecule has 7 nitrogen and oxygen atoms in total. The number of esters is 1. The molecule has 4 aromatic rings. The minimum atomic E-state index is -1.05. The number of nitrogens with one attached hydrogen (secondary N) is 1. The van der Waals surface area contributed by atoms with Crippen LogP contribution in [0.4, 0.5) is 11.5 Å². The number of anilines is 2. The van der Waals surface area contributed by atoms with Crippen LogP contribution in [-0.4, -0.2) is 27.0 Å². The topological polar surface area (TPSA) is 101 Å². The normalized spacial score (nSPS) is 10.7. The smallest absolute Gasteiger partial charge is 0.349 e. The molecule has 0 atom stereocenters. The second-order valence-electron chi connectivity index (χ2n) is 6.50. The van der Waals surface area contributed by atoms with Crippen molar-refractivity contribution in [1.82, 2.24) is 9.97 Å². The minimum Gasteiger partial charge on any atom is -0.478 e. The summed E-state index contributed by atoms with van der Waals surface area (Å²) in [6.07, 6.45) is 1.38. The van der Waals surface area contributed by atoms with E-state index in [1.54, 1.807) is 25.1 Å². The molecule has 150 valence electrons. The molecule has 2 aromatic carbocycles. The number of aryl methyl sites for hydroxylation is 1. The SMILES string of the molecule is Cc1c(C(=O)OCc2ccccc2)sc2ncnc(Nc3ccccc3C(=O)O)c12. The van der Waals surface area contributed by atoms with E-state index in [-0.39, 0.29) is 12.2 Å². The molecule has 0 bridgehead atoms. The fourth-order valence-electron chi connectivity index (χ4n) is 3.06. The van der Waals surface area contributed by atoms with Gasteiger partial charge in [0, 0.05) is 0 Å². The maximum atomic E-state index is 12.7. The first-order chi connectivity index (χ1) is 14.5. The first kappa shape index (κ1) is 19.5. The van der Waals surface area contributed by atoms with Crippen molar-refractivity contribution in [1.29, 1.82) is 0 Å². The molecule has 2 N–H and O–H groups in total. The Morgan fingerprint density at radius 1 is 1.07 bits per heavy atom. The van der Waals surface area contributed by atoms with Gasteiger partial charge >= 0.3 is 11.9 Å². The van der Waals surface area contributed by atoms with Crippen LogP contribution in [0.2, 0.25) is 0 Å². The quantitative estimate of drug-likeness (QED) is 0.433. The second-order valence-corrected chi connectivity index (χ2v) is 7.50. The summed E-state index contributed by atoms with van der Waals surface area (Å²) in [5.41, 5.74) is 2.12. The van der Waals surface area contributed by atoms with Crippen molar-refractivity contribution in [3.05, 3.63) is 82.5 Å². The number of ether oxygens (including phenoxy) is 1. The van der Waals surface area contributed by atoms with Gasteiger partial charge in [-0.05, 0) is 30.2 Å². The molecule has 30 heavy (non-hydrogen) atoms. The Morgan fingerprint density at radius 3 is 2.57 bits per heavy atom. The number of carbonyl (C=O) groups excluding carboxylic acids is 1. The lowest BCUT2D eigenvalue weighted by atomic mass is 10.1. The van der Waals surface area contributed by atoms with Gasteiger partial charge in [-0.25, -0.2) is 19.6 Å². The van der Waals surface area contributed by atoms with Gasteiger partial charge in [0.25, 0.3) is 0 Å². The van der Waals surface area contributed by atoms with Gasteiger partial charge in [-0.2, -0.15) is 0 Å². The number of para-hydroxylation sites is 1. The van der Waals surface area contributed by atoms with Crippen LogP contribution < -0.4 is 5.32 Å². The Kier molecular flexibility index (Phi) is 5.40. The monoisotopic (exact) mass is 419 g/mol. The first-order valence-electron chi connectivity index (χ1n) is 9.09. The molecule has 0 fully saturated rings. The lowest BCUT2D eigenvalue weighted by molar-refractivity contribution is 0.0477. The molecule has 0 aliphatic rings. The number of carboxylic acids is 1. The highest BCUT2D eigenvalue weighted by atomic mass is 32.1. The third-order valence-corrected chi connectivity index (χ3v) is 5.72. The molecule has 0 unspecified atom stereocenters. The van der Waals surface area contributed by atoms with E-state index in [1.165, 1.54) is 23.7 Å². The fraction of sp³-hybridized carbons (Fsp3) is 0.0909. The minimum absolute atomic E-state index is 0.125. The van der Waals surface area contributed by atoms with E-state index in [2.05, 4.69) is 15.3 Å². The predicted octanol–water partition coefficient (Wildman–Crippen LogP) is 4.80. The molecule has 2 heterocycles. The van der Waals surface area contributed by atoms with E-state index in [9.17, 15) is 14.7 Å². The number of aromatic carboxylic acids is 1. The van der Waals surface area contributed by atoms with Gasteiger partial charge in [0.1, 0.15) is 28.5 Å². The van der Waals surface area contributed by atoms with Gasteiger partial charge in [0.05, 0.1) is 16.6 Å². The van der Waals surface area contributed by atoms with Crippen molar-refractivity contribution in [3.63, 3.8) is 0 Å². The van der Waals surface area contributed by atoms with Crippen molar-refractivity contribution >= 4 is 45.0 Å². The molecule has 0 aliphatic carbocycles. The Morgan fingerprint density at radius 2 is 1.80 bits per heavy atom. The highest BCUT2D eigenvalue weighted by Crippen LogP contribution is 2.35. The molecule has 8 heteroatoms. The number of aromatic nitrogens is 2. The molecule has 0 saturated heterocycles. The van der Waals surface area contributed by atoms with E-state index < -0.39 is 11.9 Å². The number of carboxylic acid groups (broad SMARTS) is 1. The average molecular weight is 419 g/mol. The lowest BCUT2D eigenvalue weighted by Gasteiger charge is -2.10. The van der Waals surface area contributed by atoms with Gasteiger partial charge < -0.3 is 15.2 Å². The number of fused-ring (bicyclic) bond motifs is 1. The highest BCUT2D eigenvalue weighted by molar-refractivity contribution is 7.20. The van der Waals surface area contributed by atoms with Crippen LogP contribution in [0.25, 0.3) is 10.2 Å². The summed E-state index contributed by atoms with van der Waals surface area (Å²) in [4.78, 5) is 33.7. The van der Waals surface area contributed by atoms with E-state index in [0.717, 1.165) is 5.56 Å². The van der Waals surface area contributed by atoms with Crippen LogP contribution >= 0.6 is 11.3 Å². The largest absolute Gasteiger partial charge is 0.478 e. The van der Waals surface area contributed by atoms with Crippen LogP contribution in [-0.2, 0) is 11.3 Å². The number of carbonyl (C=O) groups is 2. The number of thiophene rings is 1. The molecular formula is C22H17N3O4S. The molecule has 0 aliphatic heterocycles. The lowest BCUT2D eigenvalue weighted by Crippen LogP contribution is -2.05. The molecule has 0 spiro atoms. The van der Waals surface area contributed by atoms with Gasteiger partial charge in [0.2, 0.25) is 0 Å². The maximum Gasteiger partial charge on any atom is 0.349 e. The molecule has 0 radical (unpaired) electrons. The Labute approximate surface area is 176 Å². The molecule has 0 amide bonds. The summed E-state index contributed by atoms with van der Waals surface area (Å²) < 4.78 is 5.46. The zero-order valence-electron chi connectivity index (χ0n) is 16.0. The van der Waals surface area contributed by atoms with Crippen LogP contribution in [0.1, 0.15) is 31.2 Å². The van der Waals surface area contributed by atoms with E-state index in [4.69, 9.17) is 4.74 Å². The zero-order chi connectivity index (χ0) is 21.1. The summed E-state index contributed by atoms with van der Waals surface area (Å²) in [5.74, 6) is -1.04. The van der Waals surface area contributed by atoms with Crippen LogP contribution in [0, 0.1) is 6.92 Å². The zero-order valence-corrected chi connectivity index (χ0v) is 16.8. The Balaban J connectivity index is 1.65. The number of benzene rings is 2. The first-order valence-corrected chi connectivity index (χ1v) is 9.90. The third-order valence-electron chi connectivity index (χ3n) is 4.54. The van der Waals surface area contributed by atoms with E-state index >= 15 is 0 Å². The average Bonchev–Trinajstić information content (AvgIpc) is 3.10. The van der Waals surface area contributed by atoms with Crippen molar-refractivity contribution < 1.29 is 19.4 Å². The van der Waals surface area contributed by atoms with Gasteiger partial charge in [-0.1, -0.05) is 42.5 Å². The number of hydrogen-bond acceptors (Lipinski definition) is 7. The van der Waals surface area contributed by atoms with E-state index in [0.29, 0.717) is 32.2 Å². The summed E-state index contributed by atoms with van der Waals surface area (Å²) in [6, 6.07) is 16.0.